The number of likely N-dealkylation sites (N-methyl/N-ethyl adjacent to an activating group) is 1. The summed E-state index contributed by atoms with van der Waals surface area (Å²) in [7, 11) is 3.47. The van der Waals surface area contributed by atoms with Gasteiger partial charge in [0.05, 0.1) is 24.8 Å². The number of ether oxygens (including phenoxy) is 1. The first kappa shape index (κ1) is 16.5. The number of carbonyl (C=O) groups is 1. The SMILES string of the molecule is COc1ccc2c(c1)c(C(=O)N(C)[C@@H]1CCC[C@H]1O)c(C)n2C1CC1. The number of nitrogens with zero attached hydrogens (tertiary/aromatic N) is 2. The highest BCUT2D eigenvalue weighted by molar-refractivity contribution is 6.09. The number of amides is 1. The molecule has 2 aliphatic carbocycles. The first-order valence-corrected chi connectivity index (χ1v) is 9.16. The number of benzene rings is 1. The molecule has 1 aromatic carbocycles. The summed E-state index contributed by atoms with van der Waals surface area (Å²) in [4.78, 5) is 15.1. The summed E-state index contributed by atoms with van der Waals surface area (Å²) < 4.78 is 7.69. The fourth-order valence-electron chi connectivity index (χ4n) is 4.32. The molecular formula is C20H26N2O3. The number of carbonyl (C=O) groups excluding carboxylic acids is 1. The second-order valence-electron chi connectivity index (χ2n) is 7.43. The minimum Gasteiger partial charge on any atom is -0.497 e. The van der Waals surface area contributed by atoms with E-state index in [4.69, 9.17) is 4.74 Å². The van der Waals surface area contributed by atoms with Gasteiger partial charge in [-0.3, -0.25) is 4.79 Å². The summed E-state index contributed by atoms with van der Waals surface area (Å²) in [6, 6.07) is 6.39. The average molecular weight is 342 g/mol. The van der Waals surface area contributed by atoms with E-state index in [1.807, 2.05) is 26.1 Å². The van der Waals surface area contributed by atoms with Gasteiger partial charge in [0.15, 0.2) is 0 Å². The van der Waals surface area contributed by atoms with Gasteiger partial charge in [-0.15, -0.1) is 0 Å². The number of methoxy groups -OCH3 is 1. The van der Waals surface area contributed by atoms with E-state index in [2.05, 4.69) is 10.6 Å². The molecule has 2 fully saturated rings. The number of rotatable bonds is 4. The predicted molar refractivity (Wildman–Crippen MR) is 97.2 cm³/mol. The van der Waals surface area contributed by atoms with E-state index in [0.717, 1.165) is 47.2 Å². The Morgan fingerprint density at radius 2 is 2.04 bits per heavy atom. The molecule has 1 amide bonds. The van der Waals surface area contributed by atoms with Crippen molar-refractivity contribution in [1.29, 1.82) is 0 Å². The lowest BCUT2D eigenvalue weighted by molar-refractivity contribution is 0.0539. The Hall–Kier alpha value is -2.01. The summed E-state index contributed by atoms with van der Waals surface area (Å²) in [6.07, 6.45) is 4.54. The Balaban J connectivity index is 1.82. The van der Waals surface area contributed by atoms with Crippen molar-refractivity contribution in [2.45, 2.75) is 57.2 Å². The first-order valence-electron chi connectivity index (χ1n) is 9.16. The molecule has 5 nitrogen and oxygen atoms in total. The van der Waals surface area contributed by atoms with Gasteiger partial charge in [-0.25, -0.2) is 0 Å². The normalized spacial score (nSPS) is 23.2. The minimum atomic E-state index is -0.416. The number of hydrogen-bond donors (Lipinski definition) is 1. The Labute approximate surface area is 148 Å². The van der Waals surface area contributed by atoms with Crippen LogP contribution in [0, 0.1) is 6.92 Å². The first-order chi connectivity index (χ1) is 12.0. The summed E-state index contributed by atoms with van der Waals surface area (Å²) in [6.45, 7) is 2.04. The van der Waals surface area contributed by atoms with E-state index in [9.17, 15) is 9.90 Å². The van der Waals surface area contributed by atoms with Crippen molar-refractivity contribution in [3.63, 3.8) is 0 Å². The van der Waals surface area contributed by atoms with E-state index < -0.39 is 6.10 Å². The molecule has 2 aliphatic rings. The Kier molecular flexibility index (Phi) is 3.99. The topological polar surface area (TPSA) is 54.7 Å². The molecule has 0 spiro atoms. The van der Waals surface area contributed by atoms with Crippen LogP contribution in [0.5, 0.6) is 5.75 Å². The largest absolute Gasteiger partial charge is 0.497 e. The summed E-state index contributed by atoms with van der Waals surface area (Å²) in [5.41, 5.74) is 2.88. The van der Waals surface area contributed by atoms with Gasteiger partial charge in [-0.05, 0) is 57.2 Å². The van der Waals surface area contributed by atoms with Crippen molar-refractivity contribution < 1.29 is 14.6 Å². The molecule has 25 heavy (non-hydrogen) atoms. The lowest BCUT2D eigenvalue weighted by Crippen LogP contribution is -2.41. The molecule has 2 atom stereocenters. The van der Waals surface area contributed by atoms with E-state index in [-0.39, 0.29) is 11.9 Å². The zero-order valence-electron chi connectivity index (χ0n) is 15.2. The maximum absolute atomic E-state index is 13.3. The van der Waals surface area contributed by atoms with Crippen molar-refractivity contribution in [2.24, 2.45) is 0 Å². The molecule has 0 unspecified atom stereocenters. The zero-order chi connectivity index (χ0) is 17.7. The van der Waals surface area contributed by atoms with Crippen molar-refractivity contribution >= 4 is 16.8 Å². The number of fused-ring (bicyclic) bond motifs is 1. The third kappa shape index (κ3) is 2.61. The second kappa shape index (κ2) is 6.06. The van der Waals surface area contributed by atoms with Gasteiger partial charge in [0.2, 0.25) is 0 Å². The molecule has 1 N–H and O–H groups in total. The van der Waals surface area contributed by atoms with Crippen LogP contribution in [0.25, 0.3) is 10.9 Å². The maximum Gasteiger partial charge on any atom is 0.256 e. The predicted octanol–water partition coefficient (Wildman–Crippen LogP) is 3.28. The van der Waals surface area contributed by atoms with E-state index >= 15 is 0 Å². The van der Waals surface area contributed by atoms with Crippen LogP contribution < -0.4 is 4.74 Å². The van der Waals surface area contributed by atoms with Gasteiger partial charge >= 0.3 is 0 Å². The molecule has 0 radical (unpaired) electrons. The number of aliphatic hydroxyl groups is 1. The van der Waals surface area contributed by atoms with Crippen LogP contribution >= 0.6 is 0 Å². The van der Waals surface area contributed by atoms with E-state index in [0.29, 0.717) is 6.04 Å². The molecule has 0 saturated heterocycles. The van der Waals surface area contributed by atoms with Crippen LogP contribution in [-0.4, -0.2) is 46.8 Å². The molecule has 0 aliphatic heterocycles. The van der Waals surface area contributed by atoms with Gasteiger partial charge in [0.1, 0.15) is 5.75 Å². The summed E-state index contributed by atoms with van der Waals surface area (Å²) >= 11 is 0. The third-order valence-electron chi connectivity index (χ3n) is 5.84. The van der Waals surface area contributed by atoms with Crippen LogP contribution in [0.15, 0.2) is 18.2 Å². The molecule has 1 heterocycles. The molecule has 2 aromatic rings. The molecular weight excluding hydrogens is 316 g/mol. The standard InChI is InChI=1S/C20H26N2O3/c1-12-19(20(24)21(2)17-5-4-6-18(17)23)15-11-14(25-3)9-10-16(15)22(12)13-7-8-13/h9-11,13,17-18,23H,4-8H2,1-3H3/t17-,18-/m1/s1. The molecule has 1 aromatic heterocycles. The van der Waals surface area contributed by atoms with Crippen LogP contribution in [-0.2, 0) is 0 Å². The quantitative estimate of drug-likeness (QED) is 0.928. The van der Waals surface area contributed by atoms with E-state index in [1.54, 1.807) is 12.0 Å². The average Bonchev–Trinajstić information content (AvgIpc) is 3.28. The van der Waals surface area contributed by atoms with Crippen LogP contribution in [0.1, 0.15) is 54.2 Å². The van der Waals surface area contributed by atoms with Crippen molar-refractivity contribution in [3.8, 4) is 5.75 Å². The molecule has 134 valence electrons. The molecule has 0 bridgehead atoms. The van der Waals surface area contributed by atoms with Gasteiger partial charge in [0, 0.05) is 29.7 Å². The maximum atomic E-state index is 13.3. The zero-order valence-corrected chi connectivity index (χ0v) is 15.2. The number of hydrogen-bond acceptors (Lipinski definition) is 3. The lowest BCUT2D eigenvalue weighted by atomic mass is 10.1. The molecule has 4 rings (SSSR count). The van der Waals surface area contributed by atoms with Crippen molar-refractivity contribution in [2.75, 3.05) is 14.2 Å². The van der Waals surface area contributed by atoms with Gasteiger partial charge in [0.25, 0.3) is 5.91 Å². The van der Waals surface area contributed by atoms with Crippen LogP contribution in [0.3, 0.4) is 0 Å². The molecule has 2 saturated carbocycles. The van der Waals surface area contributed by atoms with Gasteiger partial charge < -0.3 is 19.3 Å². The van der Waals surface area contributed by atoms with Gasteiger partial charge in [-0.1, -0.05) is 0 Å². The highest BCUT2D eigenvalue weighted by Crippen LogP contribution is 2.42. The smallest absolute Gasteiger partial charge is 0.256 e. The van der Waals surface area contributed by atoms with Crippen LogP contribution in [0.2, 0.25) is 0 Å². The second-order valence-corrected chi connectivity index (χ2v) is 7.43. The minimum absolute atomic E-state index is 0.00102. The summed E-state index contributed by atoms with van der Waals surface area (Å²) in [5.74, 6) is 0.763. The van der Waals surface area contributed by atoms with Crippen molar-refractivity contribution in [3.05, 3.63) is 29.5 Å². The van der Waals surface area contributed by atoms with Crippen LogP contribution in [0.4, 0.5) is 0 Å². The monoisotopic (exact) mass is 342 g/mol. The van der Waals surface area contributed by atoms with E-state index in [1.165, 1.54) is 12.8 Å². The Morgan fingerprint density at radius 1 is 1.28 bits per heavy atom. The van der Waals surface area contributed by atoms with Gasteiger partial charge in [-0.2, -0.15) is 0 Å². The number of aliphatic hydroxyl groups excluding tert-OH is 1. The Morgan fingerprint density at radius 3 is 2.64 bits per heavy atom. The fourth-order valence-corrected chi connectivity index (χ4v) is 4.32. The fraction of sp³-hybridized carbons (Fsp3) is 0.550. The number of aromatic nitrogens is 1. The lowest BCUT2D eigenvalue weighted by Gasteiger charge is -2.27. The third-order valence-corrected chi connectivity index (χ3v) is 5.84. The Bertz CT molecular complexity index is 822. The van der Waals surface area contributed by atoms with Crippen molar-refractivity contribution in [1.82, 2.24) is 9.47 Å². The highest BCUT2D eigenvalue weighted by Gasteiger charge is 2.35. The summed E-state index contributed by atoms with van der Waals surface area (Å²) in [5, 5.41) is 11.2. The molecule has 5 heteroatoms. The highest BCUT2D eigenvalue weighted by atomic mass is 16.5.